The molecule has 0 radical (unpaired) electrons. The molecule has 0 fully saturated rings. The van der Waals surface area contributed by atoms with Crippen LogP contribution in [0.3, 0.4) is 0 Å². The number of fused-ring (bicyclic) bond motifs is 3. The topological polar surface area (TPSA) is 6.48 Å². The maximum absolute atomic E-state index is 2.67. The van der Waals surface area contributed by atoms with Gasteiger partial charge >= 0.3 is 0 Å². The van der Waals surface area contributed by atoms with E-state index in [1.54, 1.807) is 5.56 Å². The van der Waals surface area contributed by atoms with E-state index in [-0.39, 0.29) is 5.41 Å². The highest BCUT2D eigenvalue weighted by molar-refractivity contribution is 5.77. The van der Waals surface area contributed by atoms with Crippen LogP contribution in [0.4, 0.5) is 22.7 Å². The summed E-state index contributed by atoms with van der Waals surface area (Å²) in [5, 5.41) is 0. The lowest BCUT2D eigenvalue weighted by Gasteiger charge is -2.38. The van der Waals surface area contributed by atoms with E-state index in [1.165, 1.54) is 34.5 Å². The quantitative estimate of drug-likeness (QED) is 0.155. The summed E-state index contributed by atoms with van der Waals surface area (Å²) in [6.07, 6.45) is 32.0. The van der Waals surface area contributed by atoms with E-state index in [0.29, 0.717) is 17.9 Å². The summed E-state index contributed by atoms with van der Waals surface area (Å²) in [5.74, 6) is 0.877. The monoisotopic (exact) mass is 666 g/mol. The number of benzene rings is 4. The molecule has 51 heavy (non-hydrogen) atoms. The Kier molecular flexibility index (Phi) is 9.50. The third-order valence-electron chi connectivity index (χ3n) is 11.9. The number of anilines is 4. The van der Waals surface area contributed by atoms with Crippen molar-refractivity contribution >= 4 is 28.8 Å². The summed E-state index contributed by atoms with van der Waals surface area (Å²) >= 11 is 0. The molecule has 0 amide bonds. The highest BCUT2D eigenvalue weighted by Gasteiger charge is 2.49. The number of hydrogen-bond acceptors (Lipinski definition) is 2. The molecule has 0 saturated heterocycles. The van der Waals surface area contributed by atoms with Gasteiger partial charge in [0, 0.05) is 45.8 Å². The summed E-state index contributed by atoms with van der Waals surface area (Å²) in [4.78, 5) is 4.98. The Hall–Kier alpha value is -5.08. The molecule has 0 spiro atoms. The highest BCUT2D eigenvalue weighted by Crippen LogP contribution is 2.58. The molecule has 256 valence electrons. The van der Waals surface area contributed by atoms with Crippen molar-refractivity contribution in [2.75, 3.05) is 9.80 Å². The fourth-order valence-corrected chi connectivity index (χ4v) is 9.20. The van der Waals surface area contributed by atoms with Crippen LogP contribution in [0.1, 0.15) is 81.4 Å². The average Bonchev–Trinajstić information content (AvgIpc) is 3.48. The lowest BCUT2D eigenvalue weighted by molar-refractivity contribution is 0.304. The van der Waals surface area contributed by atoms with Crippen LogP contribution in [0.15, 0.2) is 169 Å². The zero-order chi connectivity index (χ0) is 34.6. The Morgan fingerprint density at radius 1 is 0.686 bits per heavy atom. The zero-order valence-corrected chi connectivity index (χ0v) is 30.2. The molecule has 0 aliphatic heterocycles. The van der Waals surface area contributed by atoms with Crippen LogP contribution >= 0.6 is 0 Å². The standard InChI is InChI=1S/C49H50N2/c1-3-49(4-2)47-35-38(26-25-37-27-30-43(31-28-37)50(39-17-9-5-10-18-39)40-19-11-6-12-20-40)29-33-45(47)46-34-32-44(36-48(46)49)51(41-21-13-7-14-22-41)42-23-15-8-16-24-42/h5-7,9-13,15,17-20,23-36,41,45,47H,3-4,8,14,16,21-22H2,1-2H3/b26-25+. The minimum absolute atomic E-state index is 0.120. The molecule has 4 aliphatic carbocycles. The molecule has 0 bridgehead atoms. The SMILES string of the molecule is CCC1(CC)c2cc(N(C3=CCCC=C3)C3CC=CCC3)ccc2C2C=CC(/C=C/c3ccc(N(c4ccccc4)c4ccccc4)cc3)=CC21. The number of nitrogens with zero attached hydrogens (tertiary/aromatic N) is 2. The van der Waals surface area contributed by atoms with Crippen LogP contribution in [0.25, 0.3) is 6.08 Å². The molecule has 3 atom stereocenters. The molecule has 2 heteroatoms. The molecule has 8 rings (SSSR count). The highest BCUT2D eigenvalue weighted by atomic mass is 15.2. The maximum atomic E-state index is 2.67. The molecule has 0 N–H and O–H groups in total. The van der Waals surface area contributed by atoms with Gasteiger partial charge in [0.2, 0.25) is 0 Å². The maximum Gasteiger partial charge on any atom is 0.0462 e. The lowest BCUT2D eigenvalue weighted by atomic mass is 9.67. The number of hydrogen-bond donors (Lipinski definition) is 0. The molecule has 0 saturated carbocycles. The van der Waals surface area contributed by atoms with Gasteiger partial charge in [-0.15, -0.1) is 0 Å². The Bertz CT molecular complexity index is 1960. The van der Waals surface area contributed by atoms with Crippen molar-refractivity contribution in [3.05, 3.63) is 186 Å². The molecule has 0 heterocycles. The lowest BCUT2D eigenvalue weighted by Crippen LogP contribution is -2.35. The molecular formula is C49H50N2. The van der Waals surface area contributed by atoms with Crippen LogP contribution in [0.5, 0.6) is 0 Å². The summed E-state index contributed by atoms with van der Waals surface area (Å²) < 4.78 is 0. The first-order valence-electron chi connectivity index (χ1n) is 19.2. The largest absolute Gasteiger partial charge is 0.338 e. The Labute approximate surface area is 305 Å². The van der Waals surface area contributed by atoms with Crippen LogP contribution in [0.2, 0.25) is 0 Å². The molecular weight excluding hydrogens is 617 g/mol. The van der Waals surface area contributed by atoms with Gasteiger partial charge in [-0.1, -0.05) is 123 Å². The number of para-hydroxylation sites is 2. The molecule has 4 aromatic carbocycles. The van der Waals surface area contributed by atoms with Crippen LogP contribution in [-0.2, 0) is 5.41 Å². The van der Waals surface area contributed by atoms with Crippen molar-refractivity contribution < 1.29 is 0 Å². The Morgan fingerprint density at radius 2 is 1.39 bits per heavy atom. The van der Waals surface area contributed by atoms with E-state index in [9.17, 15) is 0 Å². The second kappa shape index (κ2) is 14.6. The summed E-state index contributed by atoms with van der Waals surface area (Å²) in [6.45, 7) is 4.83. The first kappa shape index (κ1) is 33.1. The van der Waals surface area contributed by atoms with Crippen LogP contribution in [0, 0.1) is 5.92 Å². The third kappa shape index (κ3) is 6.38. The molecule has 3 unspecified atom stereocenters. The van der Waals surface area contributed by atoms with E-state index in [2.05, 4.69) is 188 Å². The first-order valence-corrected chi connectivity index (χ1v) is 19.2. The van der Waals surface area contributed by atoms with E-state index >= 15 is 0 Å². The van der Waals surface area contributed by atoms with Crippen molar-refractivity contribution in [3.8, 4) is 0 Å². The molecule has 4 aromatic rings. The smallest absolute Gasteiger partial charge is 0.0462 e. The van der Waals surface area contributed by atoms with E-state index in [0.717, 1.165) is 55.6 Å². The van der Waals surface area contributed by atoms with E-state index in [4.69, 9.17) is 0 Å². The van der Waals surface area contributed by atoms with Crippen molar-refractivity contribution in [1.82, 2.24) is 0 Å². The second-order valence-electron chi connectivity index (χ2n) is 14.6. The Morgan fingerprint density at radius 3 is 2.04 bits per heavy atom. The fraction of sp³-hybridized carbons (Fsp3) is 0.265. The zero-order valence-electron chi connectivity index (χ0n) is 30.2. The van der Waals surface area contributed by atoms with Crippen molar-refractivity contribution in [1.29, 1.82) is 0 Å². The van der Waals surface area contributed by atoms with Gasteiger partial charge in [-0.3, -0.25) is 0 Å². The average molecular weight is 667 g/mol. The third-order valence-corrected chi connectivity index (χ3v) is 11.9. The van der Waals surface area contributed by atoms with Crippen molar-refractivity contribution in [3.63, 3.8) is 0 Å². The van der Waals surface area contributed by atoms with Gasteiger partial charge in [-0.25, -0.2) is 0 Å². The Balaban J connectivity index is 1.07. The minimum atomic E-state index is 0.120. The van der Waals surface area contributed by atoms with Crippen molar-refractivity contribution in [2.24, 2.45) is 5.92 Å². The van der Waals surface area contributed by atoms with E-state index in [1.807, 2.05) is 0 Å². The van der Waals surface area contributed by atoms with Gasteiger partial charge in [0.1, 0.15) is 0 Å². The fourth-order valence-electron chi connectivity index (χ4n) is 9.20. The van der Waals surface area contributed by atoms with Gasteiger partial charge in [-0.05, 0) is 128 Å². The van der Waals surface area contributed by atoms with Crippen molar-refractivity contribution in [2.45, 2.75) is 76.2 Å². The summed E-state index contributed by atoms with van der Waals surface area (Å²) in [6, 6.07) is 38.2. The normalized spacial score (nSPS) is 21.6. The predicted molar refractivity (Wildman–Crippen MR) is 218 cm³/mol. The van der Waals surface area contributed by atoms with Gasteiger partial charge in [0.15, 0.2) is 0 Å². The van der Waals surface area contributed by atoms with Gasteiger partial charge in [0.25, 0.3) is 0 Å². The number of allylic oxidation sites excluding steroid dienone is 9. The van der Waals surface area contributed by atoms with E-state index < -0.39 is 0 Å². The van der Waals surface area contributed by atoms with Gasteiger partial charge < -0.3 is 9.80 Å². The minimum Gasteiger partial charge on any atom is -0.338 e. The molecule has 2 nitrogen and oxygen atoms in total. The predicted octanol–water partition coefficient (Wildman–Crippen LogP) is 13.3. The van der Waals surface area contributed by atoms with Crippen LogP contribution < -0.4 is 9.80 Å². The van der Waals surface area contributed by atoms with Gasteiger partial charge in [0.05, 0.1) is 0 Å². The molecule has 4 aliphatic rings. The summed E-state index contributed by atoms with van der Waals surface area (Å²) in [7, 11) is 0. The molecule has 0 aromatic heterocycles. The first-order chi connectivity index (χ1) is 25.2. The van der Waals surface area contributed by atoms with Crippen LogP contribution in [-0.4, -0.2) is 6.04 Å². The number of rotatable bonds is 10. The summed E-state index contributed by atoms with van der Waals surface area (Å²) in [5.41, 5.74) is 11.9. The second-order valence-corrected chi connectivity index (χ2v) is 14.6. The van der Waals surface area contributed by atoms with Gasteiger partial charge in [-0.2, -0.15) is 0 Å².